The van der Waals surface area contributed by atoms with Crippen molar-refractivity contribution in [2.75, 3.05) is 0 Å². The molecule has 1 aromatic carbocycles. The van der Waals surface area contributed by atoms with E-state index in [2.05, 4.69) is 10.4 Å². The fourth-order valence-electron chi connectivity index (χ4n) is 2.09. The van der Waals surface area contributed by atoms with Gasteiger partial charge in [-0.15, -0.1) is 0 Å². The van der Waals surface area contributed by atoms with Gasteiger partial charge in [-0.3, -0.25) is 10.8 Å². The number of pyridine rings is 1. The molecule has 1 aliphatic carbocycles. The number of aromatic nitrogens is 1. The van der Waals surface area contributed by atoms with Crippen LogP contribution in [0, 0.1) is 0 Å². The van der Waals surface area contributed by atoms with Crippen molar-refractivity contribution in [3.8, 4) is 5.75 Å². The minimum Gasteiger partial charge on any atom is -0.490 e. The monoisotopic (exact) mass is 255 g/mol. The van der Waals surface area contributed by atoms with Gasteiger partial charge in [-0.25, -0.2) is 5.43 Å². The molecule has 3 rings (SSSR count). The molecule has 1 aliphatic rings. The number of hydrazine groups is 1. The molecule has 3 N–H and O–H groups in total. The van der Waals surface area contributed by atoms with Gasteiger partial charge in [-0.05, 0) is 48.2 Å². The SMILES string of the molecule is NNC(c1ccncc1)c1cccc(OC2CC2)c1. The minimum atomic E-state index is -0.0502. The first-order valence-electron chi connectivity index (χ1n) is 6.49. The molecule has 1 aromatic heterocycles. The lowest BCUT2D eigenvalue weighted by Gasteiger charge is -2.17. The van der Waals surface area contributed by atoms with Gasteiger partial charge >= 0.3 is 0 Å². The van der Waals surface area contributed by atoms with E-state index < -0.39 is 0 Å². The first-order chi connectivity index (χ1) is 9.36. The van der Waals surface area contributed by atoms with Gasteiger partial charge in [0.25, 0.3) is 0 Å². The summed E-state index contributed by atoms with van der Waals surface area (Å²) in [6, 6.07) is 11.9. The molecule has 0 spiro atoms. The normalized spacial score (nSPS) is 16.1. The van der Waals surface area contributed by atoms with Crippen LogP contribution < -0.4 is 16.0 Å². The van der Waals surface area contributed by atoms with Gasteiger partial charge in [0.2, 0.25) is 0 Å². The molecule has 1 fully saturated rings. The van der Waals surface area contributed by atoms with E-state index in [4.69, 9.17) is 10.6 Å². The zero-order valence-electron chi connectivity index (χ0n) is 10.6. The molecule has 19 heavy (non-hydrogen) atoms. The van der Waals surface area contributed by atoms with E-state index in [1.54, 1.807) is 12.4 Å². The van der Waals surface area contributed by atoms with Crippen LogP contribution in [0.15, 0.2) is 48.8 Å². The summed E-state index contributed by atoms with van der Waals surface area (Å²) >= 11 is 0. The zero-order chi connectivity index (χ0) is 13.1. The van der Waals surface area contributed by atoms with Crippen LogP contribution in [0.3, 0.4) is 0 Å². The Labute approximate surface area is 112 Å². The Morgan fingerprint density at radius 2 is 1.95 bits per heavy atom. The molecular formula is C15H17N3O. The molecule has 0 aliphatic heterocycles. The molecule has 4 nitrogen and oxygen atoms in total. The van der Waals surface area contributed by atoms with Crippen molar-refractivity contribution in [3.63, 3.8) is 0 Å². The Bertz CT molecular complexity index is 540. The van der Waals surface area contributed by atoms with Crippen LogP contribution in [0.2, 0.25) is 0 Å². The molecule has 98 valence electrons. The van der Waals surface area contributed by atoms with E-state index in [0.717, 1.165) is 29.7 Å². The maximum atomic E-state index is 5.82. The van der Waals surface area contributed by atoms with Crippen LogP contribution in [0.5, 0.6) is 5.75 Å². The molecular weight excluding hydrogens is 238 g/mol. The highest BCUT2D eigenvalue weighted by atomic mass is 16.5. The third-order valence-electron chi connectivity index (χ3n) is 3.22. The van der Waals surface area contributed by atoms with E-state index in [1.807, 2.05) is 36.4 Å². The molecule has 0 bridgehead atoms. The Kier molecular flexibility index (Phi) is 3.44. The van der Waals surface area contributed by atoms with Crippen LogP contribution in [-0.4, -0.2) is 11.1 Å². The Morgan fingerprint density at radius 1 is 1.16 bits per heavy atom. The van der Waals surface area contributed by atoms with Crippen molar-refractivity contribution in [2.45, 2.75) is 25.0 Å². The van der Waals surface area contributed by atoms with E-state index in [0.29, 0.717) is 6.10 Å². The van der Waals surface area contributed by atoms with Crippen LogP contribution in [0.25, 0.3) is 0 Å². The topological polar surface area (TPSA) is 60.2 Å². The predicted molar refractivity (Wildman–Crippen MR) is 73.5 cm³/mol. The Balaban J connectivity index is 1.86. The number of benzene rings is 1. The van der Waals surface area contributed by atoms with Gasteiger partial charge in [0.1, 0.15) is 5.75 Å². The molecule has 0 radical (unpaired) electrons. The van der Waals surface area contributed by atoms with Crippen LogP contribution >= 0.6 is 0 Å². The third kappa shape index (κ3) is 2.92. The summed E-state index contributed by atoms with van der Waals surface area (Å²) in [4.78, 5) is 4.03. The molecule has 4 heteroatoms. The number of nitrogens with one attached hydrogen (secondary N) is 1. The molecule has 2 aromatic rings. The third-order valence-corrected chi connectivity index (χ3v) is 3.22. The average molecular weight is 255 g/mol. The predicted octanol–water partition coefficient (Wildman–Crippen LogP) is 2.18. The summed E-state index contributed by atoms with van der Waals surface area (Å²) in [5, 5.41) is 0. The lowest BCUT2D eigenvalue weighted by molar-refractivity contribution is 0.302. The summed E-state index contributed by atoms with van der Waals surface area (Å²) in [6.45, 7) is 0. The van der Waals surface area contributed by atoms with Crippen molar-refractivity contribution in [1.82, 2.24) is 10.4 Å². The van der Waals surface area contributed by atoms with Crippen molar-refractivity contribution in [3.05, 3.63) is 59.9 Å². The van der Waals surface area contributed by atoms with Crippen LogP contribution in [0.4, 0.5) is 0 Å². The highest BCUT2D eigenvalue weighted by molar-refractivity contribution is 5.36. The number of nitrogens with two attached hydrogens (primary N) is 1. The second kappa shape index (κ2) is 5.38. The highest BCUT2D eigenvalue weighted by Gasteiger charge is 2.23. The van der Waals surface area contributed by atoms with E-state index in [9.17, 15) is 0 Å². The first kappa shape index (κ1) is 12.1. The second-order valence-electron chi connectivity index (χ2n) is 4.77. The number of rotatable bonds is 5. The van der Waals surface area contributed by atoms with E-state index in [1.165, 1.54) is 0 Å². The maximum Gasteiger partial charge on any atom is 0.120 e. The fraction of sp³-hybridized carbons (Fsp3) is 0.267. The van der Waals surface area contributed by atoms with Gasteiger partial charge in [0.15, 0.2) is 0 Å². The lowest BCUT2D eigenvalue weighted by atomic mass is 10.0. The van der Waals surface area contributed by atoms with Crippen molar-refractivity contribution in [2.24, 2.45) is 5.84 Å². The molecule has 1 saturated carbocycles. The molecule has 1 atom stereocenters. The van der Waals surface area contributed by atoms with E-state index in [-0.39, 0.29) is 6.04 Å². The Morgan fingerprint density at radius 3 is 2.63 bits per heavy atom. The molecule has 1 unspecified atom stereocenters. The summed E-state index contributed by atoms with van der Waals surface area (Å²) in [7, 11) is 0. The largest absolute Gasteiger partial charge is 0.490 e. The lowest BCUT2D eigenvalue weighted by Crippen LogP contribution is -2.28. The van der Waals surface area contributed by atoms with Gasteiger partial charge in [-0.2, -0.15) is 0 Å². The number of hydrogen-bond donors (Lipinski definition) is 2. The molecule has 1 heterocycles. The van der Waals surface area contributed by atoms with E-state index >= 15 is 0 Å². The number of ether oxygens (including phenoxy) is 1. The van der Waals surface area contributed by atoms with Gasteiger partial charge < -0.3 is 4.74 Å². The number of nitrogens with zero attached hydrogens (tertiary/aromatic N) is 1. The summed E-state index contributed by atoms with van der Waals surface area (Å²) < 4.78 is 5.82. The second-order valence-corrected chi connectivity index (χ2v) is 4.77. The van der Waals surface area contributed by atoms with Crippen molar-refractivity contribution >= 4 is 0 Å². The molecule has 0 saturated heterocycles. The quantitative estimate of drug-likeness (QED) is 0.635. The molecule has 0 amide bonds. The number of hydrogen-bond acceptors (Lipinski definition) is 4. The van der Waals surface area contributed by atoms with Gasteiger partial charge in [-0.1, -0.05) is 12.1 Å². The Hall–Kier alpha value is -1.91. The van der Waals surface area contributed by atoms with Crippen molar-refractivity contribution < 1.29 is 4.74 Å². The highest BCUT2D eigenvalue weighted by Crippen LogP contribution is 2.29. The summed E-state index contributed by atoms with van der Waals surface area (Å²) in [6.07, 6.45) is 6.26. The van der Waals surface area contributed by atoms with Crippen LogP contribution in [-0.2, 0) is 0 Å². The first-order valence-corrected chi connectivity index (χ1v) is 6.49. The van der Waals surface area contributed by atoms with Gasteiger partial charge in [0, 0.05) is 12.4 Å². The summed E-state index contributed by atoms with van der Waals surface area (Å²) in [5.41, 5.74) is 5.02. The maximum absolute atomic E-state index is 5.82. The average Bonchev–Trinajstić information content (AvgIpc) is 3.25. The summed E-state index contributed by atoms with van der Waals surface area (Å²) in [5.74, 6) is 6.60. The standard InChI is InChI=1S/C15H17N3O/c16-18-15(11-6-8-17-9-7-11)12-2-1-3-14(10-12)19-13-4-5-13/h1-3,6-10,13,15,18H,4-5,16H2. The minimum absolute atomic E-state index is 0.0502. The van der Waals surface area contributed by atoms with Crippen LogP contribution in [0.1, 0.15) is 30.0 Å². The fourth-order valence-corrected chi connectivity index (χ4v) is 2.09. The zero-order valence-corrected chi connectivity index (χ0v) is 10.6. The van der Waals surface area contributed by atoms with Crippen molar-refractivity contribution in [1.29, 1.82) is 0 Å². The smallest absolute Gasteiger partial charge is 0.120 e. The van der Waals surface area contributed by atoms with Gasteiger partial charge in [0.05, 0.1) is 12.1 Å².